The summed E-state index contributed by atoms with van der Waals surface area (Å²) in [4.78, 5) is 4.48. The molecule has 4 nitrogen and oxygen atoms in total. The third-order valence-corrected chi connectivity index (χ3v) is 4.86. The van der Waals surface area contributed by atoms with Crippen molar-refractivity contribution in [1.29, 1.82) is 0 Å². The lowest BCUT2D eigenvalue weighted by Gasteiger charge is -2.04. The molecule has 0 radical (unpaired) electrons. The Labute approximate surface area is 119 Å². The quantitative estimate of drug-likeness (QED) is 0.801. The van der Waals surface area contributed by atoms with Gasteiger partial charge in [0.25, 0.3) is 0 Å². The second-order valence-electron chi connectivity index (χ2n) is 3.84. The molecule has 2 aromatic rings. The molecule has 0 saturated carbocycles. The Bertz CT molecular complexity index is 506. The average molecular weight is 300 g/mol. The van der Waals surface area contributed by atoms with E-state index in [1.54, 1.807) is 11.3 Å². The van der Waals surface area contributed by atoms with Crippen LogP contribution in [0.25, 0.3) is 10.6 Å². The number of aryl methyl sites for hydroxylation is 1. The van der Waals surface area contributed by atoms with Gasteiger partial charge in [0.15, 0.2) is 0 Å². The molecule has 18 heavy (non-hydrogen) atoms. The minimum Gasteiger partial charge on any atom is -0.382 e. The van der Waals surface area contributed by atoms with E-state index < -0.39 is 0 Å². The van der Waals surface area contributed by atoms with Crippen LogP contribution in [0.1, 0.15) is 12.1 Å². The molecular formula is C11H16N4S3. The van der Waals surface area contributed by atoms with Crippen molar-refractivity contribution < 1.29 is 0 Å². The van der Waals surface area contributed by atoms with Crippen LogP contribution in [0, 0.1) is 6.92 Å². The molecule has 0 unspecified atom stereocenters. The van der Waals surface area contributed by atoms with Gasteiger partial charge < -0.3 is 11.1 Å². The number of aromatic nitrogens is 2. The second kappa shape index (κ2) is 6.40. The number of thiazole rings is 1. The maximum atomic E-state index is 5.93. The summed E-state index contributed by atoms with van der Waals surface area (Å²) in [7, 11) is 0. The first-order valence-corrected chi connectivity index (χ1v) is 8.67. The van der Waals surface area contributed by atoms with Gasteiger partial charge in [0.2, 0.25) is 0 Å². The Morgan fingerprint density at radius 3 is 3.00 bits per heavy atom. The zero-order chi connectivity index (χ0) is 13.0. The third kappa shape index (κ3) is 3.15. The second-order valence-corrected chi connectivity index (χ2v) is 6.46. The summed E-state index contributed by atoms with van der Waals surface area (Å²) < 4.78 is 4.22. The molecule has 98 valence electrons. The zero-order valence-corrected chi connectivity index (χ0v) is 12.8. The molecule has 0 bridgehead atoms. The molecule has 0 fully saturated rings. The summed E-state index contributed by atoms with van der Waals surface area (Å²) in [5.74, 6) is 1.73. The largest absolute Gasteiger partial charge is 0.382 e. The maximum absolute atomic E-state index is 5.93. The normalized spacial score (nSPS) is 10.8. The number of anilines is 2. The molecule has 0 aliphatic carbocycles. The molecule has 2 aromatic heterocycles. The average Bonchev–Trinajstić information content (AvgIpc) is 2.91. The highest BCUT2D eigenvalue weighted by Crippen LogP contribution is 2.38. The van der Waals surface area contributed by atoms with Gasteiger partial charge in [-0.25, -0.2) is 4.98 Å². The van der Waals surface area contributed by atoms with Crippen LogP contribution in [0.4, 0.5) is 10.8 Å². The fourth-order valence-corrected chi connectivity index (χ4v) is 3.61. The van der Waals surface area contributed by atoms with Crippen LogP contribution in [-0.2, 0) is 0 Å². The SMILES string of the molecule is CSCCCNc1snc(N)c1-c1nc(C)cs1. The van der Waals surface area contributed by atoms with E-state index in [1.807, 2.05) is 24.1 Å². The molecular weight excluding hydrogens is 284 g/mol. The van der Waals surface area contributed by atoms with Crippen LogP contribution in [-0.4, -0.2) is 27.9 Å². The number of nitrogens with one attached hydrogen (secondary N) is 1. The first-order valence-electron chi connectivity index (χ1n) is 5.63. The Hall–Kier alpha value is -0.790. The smallest absolute Gasteiger partial charge is 0.149 e. The van der Waals surface area contributed by atoms with Crippen molar-refractivity contribution in [2.75, 3.05) is 29.6 Å². The van der Waals surface area contributed by atoms with Crippen LogP contribution in [0.2, 0.25) is 0 Å². The van der Waals surface area contributed by atoms with Crippen molar-refractivity contribution in [2.24, 2.45) is 0 Å². The molecule has 0 saturated heterocycles. The lowest BCUT2D eigenvalue weighted by molar-refractivity contribution is 0.998. The lowest BCUT2D eigenvalue weighted by Crippen LogP contribution is -2.02. The molecule has 2 heterocycles. The van der Waals surface area contributed by atoms with Gasteiger partial charge in [-0.2, -0.15) is 16.1 Å². The lowest BCUT2D eigenvalue weighted by atomic mass is 10.3. The Morgan fingerprint density at radius 2 is 2.33 bits per heavy atom. The van der Waals surface area contributed by atoms with E-state index in [2.05, 4.69) is 20.9 Å². The molecule has 0 aliphatic rings. The summed E-state index contributed by atoms with van der Waals surface area (Å²) in [6.07, 6.45) is 3.25. The van der Waals surface area contributed by atoms with Crippen LogP contribution >= 0.6 is 34.6 Å². The van der Waals surface area contributed by atoms with Gasteiger partial charge in [0, 0.05) is 17.6 Å². The first kappa shape index (κ1) is 13.6. The molecule has 7 heteroatoms. The molecule has 3 N–H and O–H groups in total. The molecule has 0 aliphatic heterocycles. The number of nitrogens with zero attached hydrogens (tertiary/aromatic N) is 2. The van der Waals surface area contributed by atoms with Gasteiger partial charge in [-0.1, -0.05) is 0 Å². The van der Waals surface area contributed by atoms with Crippen LogP contribution in [0.5, 0.6) is 0 Å². The van der Waals surface area contributed by atoms with Gasteiger partial charge >= 0.3 is 0 Å². The fraction of sp³-hybridized carbons (Fsp3) is 0.455. The summed E-state index contributed by atoms with van der Waals surface area (Å²) in [5, 5.41) is 7.42. The van der Waals surface area contributed by atoms with Crippen molar-refractivity contribution in [3.63, 3.8) is 0 Å². The maximum Gasteiger partial charge on any atom is 0.149 e. The molecule has 0 atom stereocenters. The van der Waals surface area contributed by atoms with E-state index in [-0.39, 0.29) is 0 Å². The van der Waals surface area contributed by atoms with Gasteiger partial charge in [0.05, 0.1) is 5.56 Å². The van der Waals surface area contributed by atoms with E-state index in [4.69, 9.17) is 5.73 Å². The van der Waals surface area contributed by atoms with E-state index in [9.17, 15) is 0 Å². The fourth-order valence-electron chi connectivity index (χ4n) is 1.52. The Morgan fingerprint density at radius 1 is 1.50 bits per heavy atom. The molecule has 0 amide bonds. The standard InChI is InChI=1S/C11H16N4S3/c1-7-6-17-11(14-7)8-9(12)15-18-10(8)13-4-3-5-16-2/h6,13H,3-5H2,1-2H3,(H2,12,15). The number of nitrogen functional groups attached to an aromatic ring is 1. The monoisotopic (exact) mass is 300 g/mol. The Balaban J connectivity index is 2.12. The highest BCUT2D eigenvalue weighted by molar-refractivity contribution is 7.98. The van der Waals surface area contributed by atoms with E-state index in [1.165, 1.54) is 11.5 Å². The van der Waals surface area contributed by atoms with Crippen LogP contribution < -0.4 is 11.1 Å². The number of thioether (sulfide) groups is 1. The summed E-state index contributed by atoms with van der Waals surface area (Å²) in [5.41, 5.74) is 7.92. The van der Waals surface area contributed by atoms with Gasteiger partial charge in [0.1, 0.15) is 15.8 Å². The number of hydrogen-bond donors (Lipinski definition) is 2. The van der Waals surface area contributed by atoms with Crippen molar-refractivity contribution in [1.82, 2.24) is 9.36 Å². The van der Waals surface area contributed by atoms with E-state index in [0.717, 1.165) is 40.0 Å². The van der Waals surface area contributed by atoms with Crippen molar-refractivity contribution in [3.8, 4) is 10.6 Å². The molecule has 0 aromatic carbocycles. The van der Waals surface area contributed by atoms with Crippen molar-refractivity contribution in [3.05, 3.63) is 11.1 Å². The van der Waals surface area contributed by atoms with Crippen LogP contribution in [0.15, 0.2) is 5.38 Å². The number of nitrogens with two attached hydrogens (primary N) is 1. The van der Waals surface area contributed by atoms with Crippen molar-refractivity contribution >= 4 is 45.5 Å². The van der Waals surface area contributed by atoms with Crippen LogP contribution in [0.3, 0.4) is 0 Å². The van der Waals surface area contributed by atoms with Gasteiger partial charge in [-0.15, -0.1) is 11.3 Å². The summed E-state index contributed by atoms with van der Waals surface area (Å²) in [6.45, 7) is 2.93. The summed E-state index contributed by atoms with van der Waals surface area (Å²) in [6, 6.07) is 0. The van der Waals surface area contributed by atoms with Gasteiger partial charge in [-0.05, 0) is 36.9 Å². The van der Waals surface area contributed by atoms with E-state index in [0.29, 0.717) is 5.82 Å². The minimum absolute atomic E-state index is 0.571. The Kier molecular flexibility index (Phi) is 4.85. The highest BCUT2D eigenvalue weighted by Gasteiger charge is 2.16. The first-order chi connectivity index (χ1) is 8.72. The third-order valence-electron chi connectivity index (χ3n) is 2.36. The van der Waals surface area contributed by atoms with E-state index >= 15 is 0 Å². The number of rotatable bonds is 6. The van der Waals surface area contributed by atoms with Crippen molar-refractivity contribution in [2.45, 2.75) is 13.3 Å². The summed E-state index contributed by atoms with van der Waals surface area (Å²) >= 11 is 4.88. The molecule has 0 spiro atoms. The predicted molar refractivity (Wildman–Crippen MR) is 83.9 cm³/mol. The molecule has 2 rings (SSSR count). The number of hydrogen-bond acceptors (Lipinski definition) is 7. The topological polar surface area (TPSA) is 63.8 Å². The predicted octanol–water partition coefficient (Wildman–Crippen LogP) is 3.32. The van der Waals surface area contributed by atoms with Gasteiger partial charge in [-0.3, -0.25) is 0 Å². The minimum atomic E-state index is 0.571. The highest BCUT2D eigenvalue weighted by atomic mass is 32.2. The zero-order valence-electron chi connectivity index (χ0n) is 10.4.